The first kappa shape index (κ1) is 19.1. The van der Waals surface area contributed by atoms with Crippen LogP contribution in [-0.4, -0.2) is 29.9 Å². The number of amides is 1. The van der Waals surface area contributed by atoms with Crippen LogP contribution < -0.4 is 5.73 Å². The number of carbonyl (C=O) groups excluding carboxylic acids is 2. The van der Waals surface area contributed by atoms with Gasteiger partial charge >= 0.3 is 5.97 Å². The number of nitrogens with two attached hydrogens (primary N) is 1. The van der Waals surface area contributed by atoms with Crippen molar-refractivity contribution < 1.29 is 14.3 Å². The number of hydrogen-bond donors (Lipinski definition) is 1. The van der Waals surface area contributed by atoms with Gasteiger partial charge in [0.05, 0.1) is 6.61 Å². The second-order valence-corrected chi connectivity index (χ2v) is 6.19. The molecule has 0 saturated heterocycles. The van der Waals surface area contributed by atoms with Crippen molar-refractivity contribution in [1.82, 2.24) is 4.90 Å². The molecule has 0 unspecified atom stereocenters. The Balaban J connectivity index is 2.28. The number of halogens is 2. The lowest BCUT2D eigenvalue weighted by Crippen LogP contribution is -2.36. The molecule has 2 aromatic rings. The van der Waals surface area contributed by atoms with Gasteiger partial charge in [0, 0.05) is 27.8 Å². The van der Waals surface area contributed by atoms with E-state index < -0.39 is 5.97 Å². The Morgan fingerprint density at radius 1 is 1.08 bits per heavy atom. The monoisotopic (exact) mass is 380 g/mol. The Hall–Kier alpha value is -2.24. The summed E-state index contributed by atoms with van der Waals surface area (Å²) in [6, 6.07) is 11.4. The minimum atomic E-state index is -0.495. The van der Waals surface area contributed by atoms with E-state index in [9.17, 15) is 9.59 Å². The molecule has 0 heterocycles. The smallest absolute Gasteiger partial charge is 0.325 e. The van der Waals surface area contributed by atoms with Crippen molar-refractivity contribution in [1.29, 1.82) is 0 Å². The molecule has 7 heteroatoms. The van der Waals surface area contributed by atoms with Gasteiger partial charge in [-0.15, -0.1) is 0 Å². The highest BCUT2D eigenvalue weighted by molar-refractivity contribution is 6.31. The van der Waals surface area contributed by atoms with E-state index in [0.29, 0.717) is 26.9 Å². The van der Waals surface area contributed by atoms with Crippen molar-refractivity contribution in [2.45, 2.75) is 13.5 Å². The van der Waals surface area contributed by atoms with Gasteiger partial charge in [-0.25, -0.2) is 0 Å². The van der Waals surface area contributed by atoms with Crippen molar-refractivity contribution in [3.63, 3.8) is 0 Å². The number of rotatable bonds is 6. The molecule has 1 amide bonds. The zero-order valence-electron chi connectivity index (χ0n) is 13.7. The summed E-state index contributed by atoms with van der Waals surface area (Å²) >= 11 is 11.9. The van der Waals surface area contributed by atoms with Crippen LogP contribution in [-0.2, 0) is 16.1 Å². The molecule has 132 valence electrons. The molecule has 0 aliphatic heterocycles. The van der Waals surface area contributed by atoms with Crippen molar-refractivity contribution in [3.05, 3.63) is 63.6 Å². The fourth-order valence-electron chi connectivity index (χ4n) is 2.25. The van der Waals surface area contributed by atoms with Gasteiger partial charge in [-0.05, 0) is 55.0 Å². The van der Waals surface area contributed by atoms with Gasteiger partial charge in [-0.2, -0.15) is 0 Å². The van der Waals surface area contributed by atoms with E-state index in [0.717, 1.165) is 0 Å². The molecule has 0 bridgehead atoms. The number of nitrogen functional groups attached to an aromatic ring is 1. The summed E-state index contributed by atoms with van der Waals surface area (Å²) in [6.07, 6.45) is 0. The molecule has 2 rings (SSSR count). The topological polar surface area (TPSA) is 72.6 Å². The molecule has 0 saturated carbocycles. The minimum Gasteiger partial charge on any atom is -0.465 e. The largest absolute Gasteiger partial charge is 0.465 e. The molecular formula is C18H18Cl2N2O3. The first-order valence-corrected chi connectivity index (χ1v) is 8.40. The molecule has 0 fully saturated rings. The number of nitrogens with zero attached hydrogens (tertiary/aromatic N) is 1. The lowest BCUT2D eigenvalue weighted by atomic mass is 10.1. The normalized spacial score (nSPS) is 10.4. The average Bonchev–Trinajstić information content (AvgIpc) is 2.58. The quantitative estimate of drug-likeness (QED) is 0.611. The second-order valence-electron chi connectivity index (χ2n) is 5.32. The zero-order chi connectivity index (χ0) is 18.4. The molecule has 0 aromatic heterocycles. The molecule has 0 atom stereocenters. The molecule has 25 heavy (non-hydrogen) atoms. The Bertz CT molecular complexity index is 763. The van der Waals surface area contributed by atoms with Gasteiger partial charge in [0.25, 0.3) is 5.91 Å². The maximum Gasteiger partial charge on any atom is 0.325 e. The summed E-state index contributed by atoms with van der Waals surface area (Å²) in [5.74, 6) is -0.825. The molecular weight excluding hydrogens is 363 g/mol. The molecule has 2 N–H and O–H groups in total. The lowest BCUT2D eigenvalue weighted by molar-refractivity contribution is -0.143. The average molecular weight is 381 g/mol. The third-order valence-corrected chi connectivity index (χ3v) is 3.96. The summed E-state index contributed by atoms with van der Waals surface area (Å²) in [5, 5.41) is 1.02. The molecule has 0 aliphatic carbocycles. The van der Waals surface area contributed by atoms with Gasteiger partial charge in [0.2, 0.25) is 0 Å². The number of hydrogen-bond acceptors (Lipinski definition) is 4. The molecule has 0 spiro atoms. The summed E-state index contributed by atoms with van der Waals surface area (Å²) in [6.45, 7) is 1.88. The predicted octanol–water partition coefficient (Wildman–Crippen LogP) is 3.78. The van der Waals surface area contributed by atoms with E-state index in [1.807, 2.05) is 0 Å². The van der Waals surface area contributed by atoms with Crippen molar-refractivity contribution in [3.8, 4) is 0 Å². The molecule has 2 aromatic carbocycles. The van der Waals surface area contributed by atoms with Gasteiger partial charge in [0.1, 0.15) is 6.54 Å². The summed E-state index contributed by atoms with van der Waals surface area (Å²) in [5.41, 5.74) is 7.51. The van der Waals surface area contributed by atoms with E-state index in [1.54, 1.807) is 49.4 Å². The maximum absolute atomic E-state index is 12.8. The van der Waals surface area contributed by atoms with Crippen LogP contribution in [0.1, 0.15) is 22.8 Å². The Morgan fingerprint density at radius 2 is 1.72 bits per heavy atom. The summed E-state index contributed by atoms with van der Waals surface area (Å²) in [4.78, 5) is 26.1. The number of anilines is 1. The number of benzene rings is 2. The van der Waals surface area contributed by atoms with E-state index in [2.05, 4.69) is 0 Å². The van der Waals surface area contributed by atoms with Crippen LogP contribution in [0, 0.1) is 0 Å². The fourth-order valence-corrected chi connectivity index (χ4v) is 2.57. The van der Waals surface area contributed by atoms with E-state index >= 15 is 0 Å². The summed E-state index contributed by atoms with van der Waals surface area (Å²) in [7, 11) is 0. The third-order valence-electron chi connectivity index (χ3n) is 3.47. The first-order valence-electron chi connectivity index (χ1n) is 7.65. The lowest BCUT2D eigenvalue weighted by Gasteiger charge is -2.23. The molecule has 5 nitrogen and oxygen atoms in total. The van der Waals surface area contributed by atoms with E-state index in [4.69, 9.17) is 33.7 Å². The Kier molecular flexibility index (Phi) is 6.67. The fraction of sp³-hybridized carbons (Fsp3) is 0.222. The second kappa shape index (κ2) is 8.74. The predicted molar refractivity (Wildman–Crippen MR) is 98.7 cm³/mol. The Morgan fingerprint density at radius 3 is 2.36 bits per heavy atom. The van der Waals surface area contributed by atoms with E-state index in [-0.39, 0.29) is 25.6 Å². The van der Waals surface area contributed by atoms with Crippen LogP contribution in [0.5, 0.6) is 0 Å². The SMILES string of the molecule is CCOC(=O)CN(Cc1cc(Cl)ccc1N)C(=O)c1ccc(Cl)cc1. The van der Waals surface area contributed by atoms with Crippen LogP contribution in [0.3, 0.4) is 0 Å². The van der Waals surface area contributed by atoms with Crippen LogP contribution in [0.2, 0.25) is 10.0 Å². The maximum atomic E-state index is 12.8. The standard InChI is InChI=1S/C18H18Cl2N2O3/c1-2-25-17(23)11-22(10-13-9-15(20)7-8-16(13)21)18(24)12-3-5-14(19)6-4-12/h3-9H,2,10-11,21H2,1H3. The number of carbonyl (C=O) groups is 2. The van der Waals surface area contributed by atoms with Crippen molar-refractivity contribution in [2.24, 2.45) is 0 Å². The Labute approximate surface area is 156 Å². The third kappa shape index (κ3) is 5.37. The minimum absolute atomic E-state index is 0.132. The first-order chi connectivity index (χ1) is 11.9. The zero-order valence-corrected chi connectivity index (χ0v) is 15.2. The van der Waals surface area contributed by atoms with Crippen LogP contribution >= 0.6 is 23.2 Å². The van der Waals surface area contributed by atoms with Gasteiger partial charge in [-0.1, -0.05) is 23.2 Å². The van der Waals surface area contributed by atoms with E-state index in [1.165, 1.54) is 4.90 Å². The van der Waals surface area contributed by atoms with Crippen molar-refractivity contribution >= 4 is 40.8 Å². The van der Waals surface area contributed by atoms with Gasteiger partial charge in [-0.3, -0.25) is 9.59 Å². The van der Waals surface area contributed by atoms with Gasteiger partial charge < -0.3 is 15.4 Å². The van der Waals surface area contributed by atoms with Crippen LogP contribution in [0.15, 0.2) is 42.5 Å². The van der Waals surface area contributed by atoms with Gasteiger partial charge in [0.15, 0.2) is 0 Å². The summed E-state index contributed by atoms with van der Waals surface area (Å²) < 4.78 is 4.96. The number of esters is 1. The molecule has 0 aliphatic rings. The van der Waals surface area contributed by atoms with Crippen molar-refractivity contribution in [2.75, 3.05) is 18.9 Å². The molecule has 0 radical (unpaired) electrons. The highest BCUT2D eigenvalue weighted by Gasteiger charge is 2.21. The van der Waals surface area contributed by atoms with Crippen LogP contribution in [0.25, 0.3) is 0 Å². The number of ether oxygens (including phenoxy) is 1. The highest BCUT2D eigenvalue weighted by Crippen LogP contribution is 2.21. The highest BCUT2D eigenvalue weighted by atomic mass is 35.5. The van der Waals surface area contributed by atoms with Crippen LogP contribution in [0.4, 0.5) is 5.69 Å².